The van der Waals surface area contributed by atoms with E-state index in [0.717, 1.165) is 24.6 Å². The van der Waals surface area contributed by atoms with Gasteiger partial charge in [0, 0.05) is 18.8 Å². The standard InChI is InChI=1S/C16H27NO/c1-5-14(6-2)12-17(7-3)16-10-8-15(9-11-16)13(4)18/h8-11,13-14,18H,5-7,12H2,1-4H3. The monoisotopic (exact) mass is 249 g/mol. The van der Waals surface area contributed by atoms with E-state index in [9.17, 15) is 5.11 Å². The van der Waals surface area contributed by atoms with E-state index in [1.807, 2.05) is 12.1 Å². The number of hydrogen-bond donors (Lipinski definition) is 1. The van der Waals surface area contributed by atoms with Crippen molar-refractivity contribution in [3.05, 3.63) is 29.8 Å². The zero-order valence-electron chi connectivity index (χ0n) is 12.2. The first-order valence-corrected chi connectivity index (χ1v) is 7.15. The summed E-state index contributed by atoms with van der Waals surface area (Å²) in [6, 6.07) is 8.28. The van der Waals surface area contributed by atoms with Crippen LogP contribution >= 0.6 is 0 Å². The lowest BCUT2D eigenvalue weighted by Crippen LogP contribution is -2.28. The van der Waals surface area contributed by atoms with E-state index in [2.05, 4.69) is 37.8 Å². The molecule has 0 radical (unpaired) electrons. The maximum atomic E-state index is 9.52. The maximum Gasteiger partial charge on any atom is 0.0761 e. The second kappa shape index (κ2) is 7.42. The Kier molecular flexibility index (Phi) is 6.20. The molecule has 0 aliphatic heterocycles. The van der Waals surface area contributed by atoms with E-state index in [-0.39, 0.29) is 6.10 Å². The summed E-state index contributed by atoms with van der Waals surface area (Å²) < 4.78 is 0. The normalized spacial score (nSPS) is 12.8. The predicted molar refractivity (Wildman–Crippen MR) is 79.0 cm³/mol. The lowest BCUT2D eigenvalue weighted by atomic mass is 10.0. The SMILES string of the molecule is CCC(CC)CN(CC)c1ccc(C(C)O)cc1. The minimum Gasteiger partial charge on any atom is -0.389 e. The number of aliphatic hydroxyl groups is 1. The summed E-state index contributed by atoms with van der Waals surface area (Å²) >= 11 is 0. The molecule has 1 atom stereocenters. The highest BCUT2D eigenvalue weighted by molar-refractivity contribution is 5.47. The Morgan fingerprint density at radius 1 is 1.06 bits per heavy atom. The van der Waals surface area contributed by atoms with Crippen LogP contribution in [0.4, 0.5) is 5.69 Å². The van der Waals surface area contributed by atoms with E-state index in [4.69, 9.17) is 0 Å². The Bertz CT molecular complexity index is 327. The topological polar surface area (TPSA) is 23.5 Å². The molecule has 1 N–H and O–H groups in total. The number of rotatable bonds is 7. The first kappa shape index (κ1) is 15.0. The largest absolute Gasteiger partial charge is 0.389 e. The molecule has 0 saturated carbocycles. The van der Waals surface area contributed by atoms with E-state index >= 15 is 0 Å². The van der Waals surface area contributed by atoms with Gasteiger partial charge < -0.3 is 10.0 Å². The quantitative estimate of drug-likeness (QED) is 0.789. The van der Waals surface area contributed by atoms with Crippen molar-refractivity contribution in [2.75, 3.05) is 18.0 Å². The molecule has 0 aromatic heterocycles. The van der Waals surface area contributed by atoms with Gasteiger partial charge in [-0.1, -0.05) is 38.8 Å². The fourth-order valence-electron chi connectivity index (χ4n) is 2.24. The number of aliphatic hydroxyl groups excluding tert-OH is 1. The van der Waals surface area contributed by atoms with Crippen molar-refractivity contribution in [1.82, 2.24) is 0 Å². The molecule has 102 valence electrons. The van der Waals surface area contributed by atoms with Crippen LogP contribution < -0.4 is 4.90 Å². The van der Waals surface area contributed by atoms with Crippen LogP contribution in [0, 0.1) is 5.92 Å². The molecular weight excluding hydrogens is 222 g/mol. The Morgan fingerprint density at radius 3 is 2.00 bits per heavy atom. The van der Waals surface area contributed by atoms with Crippen molar-refractivity contribution in [2.45, 2.75) is 46.6 Å². The smallest absolute Gasteiger partial charge is 0.0761 e. The van der Waals surface area contributed by atoms with Crippen molar-refractivity contribution in [3.8, 4) is 0 Å². The number of anilines is 1. The van der Waals surface area contributed by atoms with Gasteiger partial charge in [0.05, 0.1) is 6.10 Å². The average Bonchev–Trinajstić information content (AvgIpc) is 2.40. The molecule has 1 rings (SSSR count). The molecule has 2 nitrogen and oxygen atoms in total. The van der Waals surface area contributed by atoms with E-state index < -0.39 is 0 Å². The Balaban J connectivity index is 2.75. The van der Waals surface area contributed by atoms with Gasteiger partial charge in [-0.2, -0.15) is 0 Å². The summed E-state index contributed by atoms with van der Waals surface area (Å²) in [6.45, 7) is 10.7. The molecule has 1 aromatic rings. The second-order valence-electron chi connectivity index (χ2n) is 4.99. The van der Waals surface area contributed by atoms with Crippen LogP contribution in [-0.2, 0) is 0 Å². The van der Waals surface area contributed by atoms with Gasteiger partial charge in [0.2, 0.25) is 0 Å². The van der Waals surface area contributed by atoms with Crippen LogP contribution in [0.1, 0.15) is 52.2 Å². The first-order chi connectivity index (χ1) is 8.62. The molecule has 0 bridgehead atoms. The third-order valence-corrected chi connectivity index (χ3v) is 3.76. The van der Waals surface area contributed by atoms with Crippen LogP contribution in [0.3, 0.4) is 0 Å². The van der Waals surface area contributed by atoms with Crippen molar-refractivity contribution in [1.29, 1.82) is 0 Å². The Morgan fingerprint density at radius 2 is 1.61 bits per heavy atom. The molecule has 0 amide bonds. The summed E-state index contributed by atoms with van der Waals surface area (Å²) in [5.41, 5.74) is 2.24. The molecular formula is C16H27NO. The molecule has 0 spiro atoms. The Labute approximate surface area is 112 Å². The molecule has 1 unspecified atom stereocenters. The molecule has 18 heavy (non-hydrogen) atoms. The van der Waals surface area contributed by atoms with Crippen LogP contribution in [0.15, 0.2) is 24.3 Å². The Hall–Kier alpha value is -1.02. The zero-order chi connectivity index (χ0) is 13.5. The second-order valence-corrected chi connectivity index (χ2v) is 4.99. The highest BCUT2D eigenvalue weighted by Crippen LogP contribution is 2.21. The molecule has 0 fully saturated rings. The lowest BCUT2D eigenvalue weighted by molar-refractivity contribution is 0.199. The summed E-state index contributed by atoms with van der Waals surface area (Å²) in [4.78, 5) is 2.42. The molecule has 1 aromatic carbocycles. The zero-order valence-corrected chi connectivity index (χ0v) is 12.2. The van der Waals surface area contributed by atoms with Crippen LogP contribution in [0.2, 0.25) is 0 Å². The predicted octanol–water partition coefficient (Wildman–Crippen LogP) is 4.00. The lowest BCUT2D eigenvalue weighted by Gasteiger charge is -2.27. The van der Waals surface area contributed by atoms with E-state index in [1.165, 1.54) is 18.5 Å². The minimum atomic E-state index is -0.381. The van der Waals surface area contributed by atoms with Gasteiger partial charge in [-0.3, -0.25) is 0 Å². The summed E-state index contributed by atoms with van der Waals surface area (Å²) in [6.07, 6.45) is 2.09. The van der Waals surface area contributed by atoms with Gasteiger partial charge >= 0.3 is 0 Å². The fraction of sp³-hybridized carbons (Fsp3) is 0.625. The van der Waals surface area contributed by atoms with E-state index in [1.54, 1.807) is 6.92 Å². The summed E-state index contributed by atoms with van der Waals surface area (Å²) in [7, 11) is 0. The van der Waals surface area contributed by atoms with Gasteiger partial charge in [0.15, 0.2) is 0 Å². The van der Waals surface area contributed by atoms with Crippen molar-refractivity contribution < 1.29 is 5.11 Å². The maximum absolute atomic E-state index is 9.52. The van der Waals surface area contributed by atoms with Crippen molar-refractivity contribution in [3.63, 3.8) is 0 Å². The number of benzene rings is 1. The number of hydrogen-bond acceptors (Lipinski definition) is 2. The van der Waals surface area contributed by atoms with Gasteiger partial charge in [0.25, 0.3) is 0 Å². The van der Waals surface area contributed by atoms with Crippen LogP contribution in [0.25, 0.3) is 0 Å². The fourth-order valence-corrected chi connectivity index (χ4v) is 2.24. The van der Waals surface area contributed by atoms with E-state index in [0.29, 0.717) is 0 Å². The van der Waals surface area contributed by atoms with Gasteiger partial charge in [-0.25, -0.2) is 0 Å². The molecule has 0 heterocycles. The summed E-state index contributed by atoms with van der Waals surface area (Å²) in [5, 5.41) is 9.52. The highest BCUT2D eigenvalue weighted by Gasteiger charge is 2.11. The first-order valence-electron chi connectivity index (χ1n) is 7.15. The van der Waals surface area contributed by atoms with Gasteiger partial charge in [0.1, 0.15) is 0 Å². The molecule has 0 aliphatic carbocycles. The van der Waals surface area contributed by atoms with Crippen LogP contribution in [-0.4, -0.2) is 18.2 Å². The van der Waals surface area contributed by atoms with Gasteiger partial charge in [-0.05, 0) is 37.5 Å². The molecule has 2 heteroatoms. The third kappa shape index (κ3) is 4.02. The average molecular weight is 249 g/mol. The highest BCUT2D eigenvalue weighted by atomic mass is 16.3. The van der Waals surface area contributed by atoms with Crippen molar-refractivity contribution in [2.24, 2.45) is 5.92 Å². The van der Waals surface area contributed by atoms with Gasteiger partial charge in [-0.15, -0.1) is 0 Å². The molecule has 0 saturated heterocycles. The minimum absolute atomic E-state index is 0.381. The summed E-state index contributed by atoms with van der Waals surface area (Å²) in [5.74, 6) is 0.765. The van der Waals surface area contributed by atoms with Crippen LogP contribution in [0.5, 0.6) is 0 Å². The number of nitrogens with zero attached hydrogens (tertiary/aromatic N) is 1. The molecule has 0 aliphatic rings. The van der Waals surface area contributed by atoms with Crippen molar-refractivity contribution >= 4 is 5.69 Å². The third-order valence-electron chi connectivity index (χ3n) is 3.76.